The van der Waals surface area contributed by atoms with Crippen molar-refractivity contribution in [1.82, 2.24) is 10.6 Å². The minimum atomic E-state index is -0.306. The smallest absolute Gasteiger partial charge is 0.407 e. The van der Waals surface area contributed by atoms with E-state index in [-0.39, 0.29) is 12.1 Å². The summed E-state index contributed by atoms with van der Waals surface area (Å²) in [4.78, 5) is 11.8. The molecule has 1 aromatic rings. The Kier molecular flexibility index (Phi) is 4.90. The normalized spacial score (nSPS) is 28.9. The molecule has 126 valence electrons. The second-order valence-electron chi connectivity index (χ2n) is 7.84. The Hall–Kier alpha value is -1.55. The molecule has 0 aliphatic heterocycles. The molecule has 4 nitrogen and oxygen atoms in total. The van der Waals surface area contributed by atoms with Gasteiger partial charge in [-0.15, -0.1) is 0 Å². The summed E-state index contributed by atoms with van der Waals surface area (Å²) < 4.78 is 5.26. The van der Waals surface area contributed by atoms with Crippen LogP contribution in [0.25, 0.3) is 0 Å². The molecule has 2 aliphatic carbocycles. The highest BCUT2D eigenvalue weighted by atomic mass is 16.5. The lowest BCUT2D eigenvalue weighted by Crippen LogP contribution is -2.54. The first kappa shape index (κ1) is 16.3. The minimum absolute atomic E-state index is 0.255. The van der Waals surface area contributed by atoms with Gasteiger partial charge in [0.2, 0.25) is 0 Å². The van der Waals surface area contributed by atoms with E-state index in [2.05, 4.69) is 24.5 Å². The van der Waals surface area contributed by atoms with E-state index >= 15 is 0 Å². The third-order valence-electron chi connectivity index (χ3n) is 5.11. The van der Waals surface area contributed by atoms with Crippen LogP contribution >= 0.6 is 0 Å². The van der Waals surface area contributed by atoms with Crippen LogP contribution in [0.15, 0.2) is 30.3 Å². The molecular formula is C19H28N2O2. The van der Waals surface area contributed by atoms with Crippen molar-refractivity contribution in [2.24, 2.45) is 5.41 Å². The molecule has 1 unspecified atom stereocenters. The maximum atomic E-state index is 11.8. The molecule has 2 fully saturated rings. The third-order valence-corrected chi connectivity index (χ3v) is 5.11. The second kappa shape index (κ2) is 6.91. The van der Waals surface area contributed by atoms with Crippen LogP contribution in [-0.2, 0) is 11.3 Å². The van der Waals surface area contributed by atoms with Crippen molar-refractivity contribution in [3.05, 3.63) is 35.9 Å². The summed E-state index contributed by atoms with van der Waals surface area (Å²) in [7, 11) is 0. The number of hydrogen-bond donors (Lipinski definition) is 2. The lowest BCUT2D eigenvalue weighted by atomic mass is 9.86. The Morgan fingerprint density at radius 3 is 2.57 bits per heavy atom. The molecule has 0 heterocycles. The summed E-state index contributed by atoms with van der Waals surface area (Å²) in [5, 5.41) is 6.70. The van der Waals surface area contributed by atoms with Gasteiger partial charge >= 0.3 is 6.09 Å². The summed E-state index contributed by atoms with van der Waals surface area (Å²) in [6.45, 7) is 5.03. The SMILES string of the molecule is CC1(C)CCC(NC2CC(NC(=O)OCc3ccccc3)C2)C1. The zero-order valence-corrected chi connectivity index (χ0v) is 14.2. The van der Waals surface area contributed by atoms with Crippen molar-refractivity contribution in [3.63, 3.8) is 0 Å². The van der Waals surface area contributed by atoms with Crippen LogP contribution < -0.4 is 10.6 Å². The van der Waals surface area contributed by atoms with Gasteiger partial charge in [-0.2, -0.15) is 0 Å². The second-order valence-corrected chi connectivity index (χ2v) is 7.84. The Balaban J connectivity index is 1.30. The number of alkyl carbamates (subject to hydrolysis) is 1. The molecule has 23 heavy (non-hydrogen) atoms. The first-order valence-electron chi connectivity index (χ1n) is 8.73. The van der Waals surface area contributed by atoms with Crippen LogP contribution in [0.3, 0.4) is 0 Å². The maximum Gasteiger partial charge on any atom is 0.407 e. The Morgan fingerprint density at radius 1 is 1.17 bits per heavy atom. The number of rotatable bonds is 5. The molecule has 0 bridgehead atoms. The Morgan fingerprint density at radius 2 is 1.91 bits per heavy atom. The number of ether oxygens (including phenoxy) is 1. The molecule has 1 amide bonds. The fraction of sp³-hybridized carbons (Fsp3) is 0.632. The van der Waals surface area contributed by atoms with E-state index < -0.39 is 0 Å². The van der Waals surface area contributed by atoms with Crippen molar-refractivity contribution < 1.29 is 9.53 Å². The van der Waals surface area contributed by atoms with E-state index in [9.17, 15) is 4.79 Å². The van der Waals surface area contributed by atoms with Gasteiger partial charge in [0.25, 0.3) is 0 Å². The van der Waals surface area contributed by atoms with Gasteiger partial charge < -0.3 is 15.4 Å². The van der Waals surface area contributed by atoms with E-state index in [4.69, 9.17) is 4.74 Å². The van der Waals surface area contributed by atoms with Gasteiger partial charge in [-0.3, -0.25) is 0 Å². The van der Waals surface area contributed by atoms with Crippen LogP contribution in [0.5, 0.6) is 0 Å². The largest absolute Gasteiger partial charge is 0.445 e. The summed E-state index contributed by atoms with van der Waals surface area (Å²) >= 11 is 0. The van der Waals surface area contributed by atoms with Crippen molar-refractivity contribution in [3.8, 4) is 0 Å². The number of benzene rings is 1. The maximum absolute atomic E-state index is 11.8. The van der Waals surface area contributed by atoms with E-state index in [0.29, 0.717) is 24.1 Å². The van der Waals surface area contributed by atoms with E-state index in [0.717, 1.165) is 18.4 Å². The number of nitrogens with one attached hydrogen (secondary N) is 2. The van der Waals surface area contributed by atoms with Gasteiger partial charge in [0.1, 0.15) is 6.61 Å². The molecule has 0 spiro atoms. The van der Waals surface area contributed by atoms with Crippen LogP contribution in [0.1, 0.15) is 51.5 Å². The Bertz CT molecular complexity index is 523. The fourth-order valence-corrected chi connectivity index (χ4v) is 3.71. The van der Waals surface area contributed by atoms with Gasteiger partial charge in [-0.1, -0.05) is 44.2 Å². The fourth-order valence-electron chi connectivity index (χ4n) is 3.71. The van der Waals surface area contributed by atoms with Crippen molar-refractivity contribution >= 4 is 6.09 Å². The lowest BCUT2D eigenvalue weighted by molar-refractivity contribution is 0.124. The summed E-state index contributed by atoms with van der Waals surface area (Å²) in [5.41, 5.74) is 1.50. The molecule has 1 aromatic carbocycles. The lowest BCUT2D eigenvalue weighted by Gasteiger charge is -2.38. The highest BCUT2D eigenvalue weighted by molar-refractivity contribution is 5.67. The van der Waals surface area contributed by atoms with Crippen LogP contribution in [0.2, 0.25) is 0 Å². The standard InChI is InChI=1S/C19H28N2O2/c1-19(2)9-8-15(12-19)20-16-10-17(11-16)21-18(22)23-13-14-6-4-3-5-7-14/h3-7,15-17,20H,8-13H2,1-2H3,(H,21,22). The number of amides is 1. The van der Waals surface area contributed by atoms with E-state index in [1.54, 1.807) is 0 Å². The highest BCUT2D eigenvalue weighted by Crippen LogP contribution is 2.38. The molecule has 0 saturated heterocycles. The number of hydrogen-bond acceptors (Lipinski definition) is 3. The molecular weight excluding hydrogens is 288 g/mol. The summed E-state index contributed by atoms with van der Waals surface area (Å²) in [6.07, 6.45) is 5.57. The van der Waals surface area contributed by atoms with Gasteiger partial charge in [0, 0.05) is 18.1 Å². The summed E-state index contributed by atoms with van der Waals surface area (Å²) in [5.74, 6) is 0. The average molecular weight is 316 g/mol. The molecule has 2 N–H and O–H groups in total. The molecule has 4 heteroatoms. The number of carbonyl (C=O) groups excluding carboxylic acids is 1. The predicted molar refractivity (Wildman–Crippen MR) is 91.1 cm³/mol. The Labute approximate surface area is 139 Å². The third kappa shape index (κ3) is 4.71. The molecule has 1 atom stereocenters. The van der Waals surface area contributed by atoms with Crippen molar-refractivity contribution in [1.29, 1.82) is 0 Å². The van der Waals surface area contributed by atoms with Crippen molar-refractivity contribution in [2.45, 2.75) is 70.7 Å². The van der Waals surface area contributed by atoms with Crippen LogP contribution in [0.4, 0.5) is 4.79 Å². The highest BCUT2D eigenvalue weighted by Gasteiger charge is 2.36. The topological polar surface area (TPSA) is 50.4 Å². The van der Waals surface area contributed by atoms with Crippen LogP contribution in [-0.4, -0.2) is 24.2 Å². The zero-order valence-electron chi connectivity index (χ0n) is 14.2. The van der Waals surface area contributed by atoms with Gasteiger partial charge in [0.05, 0.1) is 0 Å². The first-order valence-corrected chi connectivity index (χ1v) is 8.73. The molecule has 2 aliphatic rings. The summed E-state index contributed by atoms with van der Waals surface area (Å²) in [6, 6.07) is 11.2. The predicted octanol–water partition coefficient (Wildman–Crippen LogP) is 3.61. The van der Waals surface area contributed by atoms with E-state index in [1.807, 2.05) is 30.3 Å². The van der Waals surface area contributed by atoms with Crippen molar-refractivity contribution in [2.75, 3.05) is 0 Å². The first-order chi connectivity index (χ1) is 11.0. The average Bonchev–Trinajstić information content (AvgIpc) is 2.83. The zero-order chi connectivity index (χ0) is 16.3. The molecule has 2 saturated carbocycles. The molecule has 0 aromatic heterocycles. The quantitative estimate of drug-likeness (QED) is 0.872. The van der Waals surface area contributed by atoms with E-state index in [1.165, 1.54) is 19.3 Å². The molecule has 0 radical (unpaired) electrons. The minimum Gasteiger partial charge on any atom is -0.445 e. The molecule has 3 rings (SSSR count). The van der Waals surface area contributed by atoms with Gasteiger partial charge in [0.15, 0.2) is 0 Å². The van der Waals surface area contributed by atoms with Gasteiger partial charge in [-0.05, 0) is 43.1 Å². The van der Waals surface area contributed by atoms with Crippen LogP contribution in [0, 0.1) is 5.41 Å². The van der Waals surface area contributed by atoms with Gasteiger partial charge in [-0.25, -0.2) is 4.79 Å². The number of carbonyl (C=O) groups is 1. The monoisotopic (exact) mass is 316 g/mol.